The Kier molecular flexibility index (Phi) is 3.50. The number of benzene rings is 1. The molecule has 0 radical (unpaired) electrons. The van der Waals surface area contributed by atoms with Gasteiger partial charge in [-0.2, -0.15) is 0 Å². The Balaban J connectivity index is 2.38. The van der Waals surface area contributed by atoms with Crippen molar-refractivity contribution < 1.29 is 8.81 Å². The SMILES string of the molecule is CNC(c1ccc(Cl)c(F)c1)c1ccc(C)o1. The third-order valence-electron chi connectivity index (χ3n) is 2.61. The molecule has 0 saturated carbocycles. The van der Waals surface area contributed by atoms with Crippen LogP contribution in [0.1, 0.15) is 23.1 Å². The number of aryl methyl sites for hydroxylation is 1. The molecule has 2 aromatic rings. The Labute approximate surface area is 104 Å². The lowest BCUT2D eigenvalue weighted by Gasteiger charge is -2.14. The summed E-state index contributed by atoms with van der Waals surface area (Å²) in [4.78, 5) is 0. The first kappa shape index (κ1) is 12.1. The summed E-state index contributed by atoms with van der Waals surface area (Å²) in [6, 6.07) is 8.34. The van der Waals surface area contributed by atoms with Crippen LogP contribution in [0.3, 0.4) is 0 Å². The van der Waals surface area contributed by atoms with Gasteiger partial charge < -0.3 is 9.73 Å². The number of nitrogens with one attached hydrogen (secondary N) is 1. The first-order chi connectivity index (χ1) is 8.11. The van der Waals surface area contributed by atoms with Crippen LogP contribution in [-0.2, 0) is 0 Å². The predicted molar refractivity (Wildman–Crippen MR) is 65.8 cm³/mol. The molecule has 0 fully saturated rings. The summed E-state index contributed by atoms with van der Waals surface area (Å²) in [5.41, 5.74) is 0.781. The monoisotopic (exact) mass is 253 g/mol. The van der Waals surface area contributed by atoms with E-state index in [1.54, 1.807) is 19.2 Å². The van der Waals surface area contributed by atoms with Crippen LogP contribution in [-0.4, -0.2) is 7.05 Å². The third kappa shape index (κ3) is 2.51. The topological polar surface area (TPSA) is 25.2 Å². The lowest BCUT2D eigenvalue weighted by molar-refractivity contribution is 0.443. The molecule has 1 N–H and O–H groups in total. The van der Waals surface area contributed by atoms with Crippen molar-refractivity contribution >= 4 is 11.6 Å². The van der Waals surface area contributed by atoms with Crippen molar-refractivity contribution in [3.63, 3.8) is 0 Å². The van der Waals surface area contributed by atoms with E-state index in [9.17, 15) is 4.39 Å². The second kappa shape index (κ2) is 4.90. The Morgan fingerprint density at radius 1 is 1.29 bits per heavy atom. The lowest BCUT2D eigenvalue weighted by Crippen LogP contribution is -2.17. The average Bonchev–Trinajstić information content (AvgIpc) is 2.71. The third-order valence-corrected chi connectivity index (χ3v) is 2.92. The van der Waals surface area contributed by atoms with Crippen LogP contribution in [0.25, 0.3) is 0 Å². The second-order valence-electron chi connectivity index (χ2n) is 3.84. The van der Waals surface area contributed by atoms with Crippen LogP contribution in [0.5, 0.6) is 0 Å². The molecular weight excluding hydrogens is 241 g/mol. The van der Waals surface area contributed by atoms with Crippen molar-refractivity contribution in [3.05, 3.63) is 58.3 Å². The van der Waals surface area contributed by atoms with E-state index in [1.165, 1.54) is 6.07 Å². The minimum atomic E-state index is -0.423. The maximum Gasteiger partial charge on any atom is 0.142 e. The van der Waals surface area contributed by atoms with Crippen molar-refractivity contribution in [2.75, 3.05) is 7.05 Å². The summed E-state index contributed by atoms with van der Waals surface area (Å²) >= 11 is 5.66. The molecule has 1 aromatic heterocycles. The van der Waals surface area contributed by atoms with Crippen molar-refractivity contribution in [1.82, 2.24) is 5.32 Å². The molecule has 0 saturated heterocycles. The van der Waals surface area contributed by atoms with Crippen molar-refractivity contribution in [2.45, 2.75) is 13.0 Å². The van der Waals surface area contributed by atoms with Gasteiger partial charge in [-0.1, -0.05) is 17.7 Å². The second-order valence-corrected chi connectivity index (χ2v) is 4.25. The minimum Gasteiger partial charge on any atom is -0.464 e. The summed E-state index contributed by atoms with van der Waals surface area (Å²) in [5, 5.41) is 3.22. The van der Waals surface area contributed by atoms with E-state index in [1.807, 2.05) is 19.1 Å². The van der Waals surface area contributed by atoms with Gasteiger partial charge in [0, 0.05) is 0 Å². The van der Waals surface area contributed by atoms with E-state index >= 15 is 0 Å². The Hall–Kier alpha value is -1.32. The van der Waals surface area contributed by atoms with Gasteiger partial charge in [-0.25, -0.2) is 4.39 Å². The van der Waals surface area contributed by atoms with Crippen LogP contribution in [0.15, 0.2) is 34.7 Å². The number of furan rings is 1. The highest BCUT2D eigenvalue weighted by Gasteiger charge is 2.16. The fourth-order valence-electron chi connectivity index (χ4n) is 1.77. The van der Waals surface area contributed by atoms with E-state index < -0.39 is 5.82 Å². The van der Waals surface area contributed by atoms with Gasteiger partial charge in [-0.05, 0) is 43.8 Å². The fraction of sp³-hybridized carbons (Fsp3) is 0.231. The van der Waals surface area contributed by atoms with E-state index in [-0.39, 0.29) is 11.1 Å². The molecule has 90 valence electrons. The molecule has 2 rings (SSSR count). The summed E-state index contributed by atoms with van der Waals surface area (Å²) in [5.74, 6) is 1.16. The zero-order valence-corrected chi connectivity index (χ0v) is 10.4. The number of hydrogen-bond donors (Lipinski definition) is 1. The number of hydrogen-bond acceptors (Lipinski definition) is 2. The molecule has 0 amide bonds. The van der Waals surface area contributed by atoms with Gasteiger partial charge >= 0.3 is 0 Å². The molecule has 4 heteroatoms. The quantitative estimate of drug-likeness (QED) is 0.903. The highest BCUT2D eigenvalue weighted by atomic mass is 35.5. The zero-order valence-electron chi connectivity index (χ0n) is 9.63. The number of halogens is 2. The lowest BCUT2D eigenvalue weighted by atomic mass is 10.0. The summed E-state index contributed by atoms with van der Waals surface area (Å²) < 4.78 is 18.9. The highest BCUT2D eigenvalue weighted by molar-refractivity contribution is 6.30. The Morgan fingerprint density at radius 2 is 2.06 bits per heavy atom. The average molecular weight is 254 g/mol. The van der Waals surface area contributed by atoms with Crippen molar-refractivity contribution in [1.29, 1.82) is 0 Å². The Morgan fingerprint density at radius 3 is 2.59 bits per heavy atom. The highest BCUT2D eigenvalue weighted by Crippen LogP contribution is 2.26. The normalized spacial score (nSPS) is 12.7. The van der Waals surface area contributed by atoms with Crippen molar-refractivity contribution in [3.8, 4) is 0 Å². The van der Waals surface area contributed by atoms with Gasteiger partial charge in [0.25, 0.3) is 0 Å². The molecular formula is C13H13ClFNO. The maximum absolute atomic E-state index is 13.4. The van der Waals surface area contributed by atoms with Crippen LogP contribution < -0.4 is 5.32 Å². The predicted octanol–water partition coefficient (Wildman–Crippen LogP) is 3.69. The van der Waals surface area contributed by atoms with Gasteiger partial charge in [-0.3, -0.25) is 0 Å². The zero-order chi connectivity index (χ0) is 12.4. The smallest absolute Gasteiger partial charge is 0.142 e. The standard InChI is InChI=1S/C13H13ClFNO/c1-8-3-6-12(17-8)13(16-2)9-4-5-10(14)11(15)7-9/h3-7,13,16H,1-2H3. The van der Waals surface area contributed by atoms with Gasteiger partial charge in [0.05, 0.1) is 11.1 Å². The molecule has 1 aromatic carbocycles. The molecule has 1 heterocycles. The fourth-order valence-corrected chi connectivity index (χ4v) is 1.89. The summed E-state index contributed by atoms with van der Waals surface area (Å²) in [7, 11) is 1.80. The summed E-state index contributed by atoms with van der Waals surface area (Å²) in [6.45, 7) is 1.87. The molecule has 17 heavy (non-hydrogen) atoms. The van der Waals surface area contributed by atoms with Gasteiger partial charge in [-0.15, -0.1) is 0 Å². The van der Waals surface area contributed by atoms with Crippen molar-refractivity contribution in [2.24, 2.45) is 0 Å². The maximum atomic E-state index is 13.4. The van der Waals surface area contributed by atoms with Crippen LogP contribution in [0, 0.1) is 12.7 Å². The number of rotatable bonds is 3. The molecule has 0 aliphatic carbocycles. The molecule has 2 nitrogen and oxygen atoms in total. The van der Waals surface area contributed by atoms with E-state index in [4.69, 9.17) is 16.0 Å². The Bertz CT molecular complexity index is 524. The van der Waals surface area contributed by atoms with E-state index in [0.717, 1.165) is 17.1 Å². The van der Waals surface area contributed by atoms with E-state index in [0.29, 0.717) is 0 Å². The first-order valence-electron chi connectivity index (χ1n) is 5.30. The molecule has 0 bridgehead atoms. The molecule has 1 atom stereocenters. The van der Waals surface area contributed by atoms with Gasteiger partial charge in [0.2, 0.25) is 0 Å². The molecule has 0 aliphatic rings. The van der Waals surface area contributed by atoms with Crippen LogP contribution in [0.4, 0.5) is 4.39 Å². The minimum absolute atomic E-state index is 0.124. The molecule has 0 spiro atoms. The van der Waals surface area contributed by atoms with Gasteiger partial charge in [0.15, 0.2) is 0 Å². The van der Waals surface area contributed by atoms with Crippen LogP contribution >= 0.6 is 11.6 Å². The van der Waals surface area contributed by atoms with Gasteiger partial charge in [0.1, 0.15) is 17.3 Å². The van der Waals surface area contributed by atoms with Crippen LogP contribution in [0.2, 0.25) is 5.02 Å². The molecule has 0 aliphatic heterocycles. The first-order valence-corrected chi connectivity index (χ1v) is 5.68. The summed E-state index contributed by atoms with van der Waals surface area (Å²) in [6.07, 6.45) is 0. The largest absolute Gasteiger partial charge is 0.464 e. The molecule has 1 unspecified atom stereocenters. The van der Waals surface area contributed by atoms with E-state index in [2.05, 4.69) is 5.32 Å².